The van der Waals surface area contributed by atoms with E-state index >= 15 is 0 Å². The molecule has 0 bridgehead atoms. The first-order valence-electron chi connectivity index (χ1n) is 9.88. The first-order chi connectivity index (χ1) is 15.1. The topological polar surface area (TPSA) is 201 Å². The van der Waals surface area contributed by atoms with E-state index < -0.39 is 66.6 Å². The monoisotopic (exact) mass is 452 g/mol. The van der Waals surface area contributed by atoms with Gasteiger partial charge in [-0.05, 0) is 17.7 Å². The molecular weight excluding hydrogens is 428 g/mol. The lowest BCUT2D eigenvalue weighted by atomic mass is 9.87. The zero-order chi connectivity index (χ0) is 23.3. The lowest BCUT2D eigenvalue weighted by molar-refractivity contribution is -0.232. The van der Waals surface area contributed by atoms with E-state index in [4.69, 9.17) is 9.47 Å². The predicted molar refractivity (Wildman–Crippen MR) is 105 cm³/mol. The highest BCUT2D eigenvalue weighted by atomic mass is 16.5. The van der Waals surface area contributed by atoms with Gasteiger partial charge in [0.1, 0.15) is 53.9 Å². The molecule has 11 nitrogen and oxygen atoms in total. The Morgan fingerprint density at radius 1 is 0.812 bits per heavy atom. The summed E-state index contributed by atoms with van der Waals surface area (Å²) in [7, 11) is 0. The van der Waals surface area contributed by atoms with Crippen LogP contribution in [0.15, 0.2) is 24.3 Å². The summed E-state index contributed by atoms with van der Waals surface area (Å²) < 4.78 is 11.2. The number of aliphatic hydroxyl groups is 5. The van der Waals surface area contributed by atoms with Gasteiger partial charge >= 0.3 is 0 Å². The van der Waals surface area contributed by atoms with E-state index in [1.165, 1.54) is 18.2 Å². The van der Waals surface area contributed by atoms with Crippen molar-refractivity contribution in [3.63, 3.8) is 0 Å². The lowest BCUT2D eigenvalue weighted by Gasteiger charge is -2.41. The van der Waals surface area contributed by atoms with E-state index in [9.17, 15) is 46.0 Å². The minimum absolute atomic E-state index is 0.0243. The number of rotatable bonds is 3. The number of phenols is 4. The number of fused-ring (bicyclic) bond motifs is 1. The van der Waals surface area contributed by atoms with Crippen LogP contribution < -0.4 is 4.74 Å². The molecule has 4 rings (SSSR count). The van der Waals surface area contributed by atoms with Crippen LogP contribution in [0.3, 0.4) is 0 Å². The van der Waals surface area contributed by atoms with Crippen LogP contribution in [0.4, 0.5) is 0 Å². The molecule has 0 saturated carbocycles. The Labute approximate surface area is 181 Å². The van der Waals surface area contributed by atoms with Gasteiger partial charge in [0, 0.05) is 18.1 Å². The molecule has 174 valence electrons. The molecule has 1 saturated heterocycles. The van der Waals surface area contributed by atoms with Crippen molar-refractivity contribution in [2.75, 3.05) is 6.61 Å². The molecule has 0 aliphatic carbocycles. The van der Waals surface area contributed by atoms with Gasteiger partial charge in [-0.25, -0.2) is 0 Å². The fourth-order valence-electron chi connectivity index (χ4n) is 4.15. The highest BCUT2D eigenvalue weighted by molar-refractivity contribution is 5.59. The second-order valence-electron chi connectivity index (χ2n) is 7.94. The molecule has 32 heavy (non-hydrogen) atoms. The number of benzene rings is 2. The van der Waals surface area contributed by atoms with E-state index in [0.717, 1.165) is 6.07 Å². The van der Waals surface area contributed by atoms with Gasteiger partial charge in [0.05, 0.1) is 18.3 Å². The van der Waals surface area contributed by atoms with Crippen LogP contribution >= 0.6 is 0 Å². The number of ether oxygens (including phenoxy) is 2. The van der Waals surface area contributed by atoms with Gasteiger partial charge in [-0.2, -0.15) is 0 Å². The Bertz CT molecular complexity index is 1010. The van der Waals surface area contributed by atoms with E-state index in [1.807, 2.05) is 0 Å². The van der Waals surface area contributed by atoms with E-state index in [-0.39, 0.29) is 29.0 Å². The van der Waals surface area contributed by atoms with Crippen molar-refractivity contribution >= 4 is 0 Å². The van der Waals surface area contributed by atoms with Gasteiger partial charge in [0.15, 0.2) is 11.5 Å². The standard InChI is InChI=1S/C21H24O11/c22-6-14-17(28)18(29)19(30)21(32-14)15-11(25)5-13-8(16(15)27)4-12(26)20(31-13)7-1-2-9(23)10(24)3-7/h1-3,5,12,14,17-30H,4,6H2/t12-,14+,17-,18-,19+,20+,21-/m0/s1. The molecular formula is C21H24O11. The molecule has 1 fully saturated rings. The summed E-state index contributed by atoms with van der Waals surface area (Å²) in [4.78, 5) is 0. The van der Waals surface area contributed by atoms with Crippen LogP contribution in [0, 0.1) is 0 Å². The fourth-order valence-corrected chi connectivity index (χ4v) is 4.15. The third-order valence-electron chi connectivity index (χ3n) is 5.90. The third kappa shape index (κ3) is 3.58. The molecule has 2 heterocycles. The third-order valence-corrected chi connectivity index (χ3v) is 5.90. The Hall–Kier alpha value is -2.80. The molecule has 0 unspecified atom stereocenters. The normalized spacial score (nSPS) is 32.2. The van der Waals surface area contributed by atoms with Crippen LogP contribution in [0.25, 0.3) is 0 Å². The van der Waals surface area contributed by atoms with Crippen molar-refractivity contribution in [1.29, 1.82) is 0 Å². The first kappa shape index (κ1) is 22.4. The zero-order valence-corrected chi connectivity index (χ0v) is 16.6. The van der Waals surface area contributed by atoms with Gasteiger partial charge in [-0.15, -0.1) is 0 Å². The quantitative estimate of drug-likeness (QED) is 0.260. The van der Waals surface area contributed by atoms with Gasteiger partial charge in [0.25, 0.3) is 0 Å². The molecule has 2 aromatic rings. The van der Waals surface area contributed by atoms with Crippen LogP contribution in [0.5, 0.6) is 28.7 Å². The van der Waals surface area contributed by atoms with Gasteiger partial charge in [0.2, 0.25) is 0 Å². The number of aromatic hydroxyl groups is 4. The first-order valence-corrected chi connectivity index (χ1v) is 9.88. The highest BCUT2D eigenvalue weighted by Crippen LogP contribution is 2.49. The summed E-state index contributed by atoms with van der Waals surface area (Å²) in [6.07, 6.45) is -10.1. The second kappa shape index (κ2) is 8.28. The molecule has 7 atom stereocenters. The minimum atomic E-state index is -1.73. The molecule has 11 heteroatoms. The molecule has 2 aromatic carbocycles. The maximum absolute atomic E-state index is 10.8. The average molecular weight is 452 g/mol. The van der Waals surface area contributed by atoms with Crippen LogP contribution in [0.2, 0.25) is 0 Å². The van der Waals surface area contributed by atoms with E-state index in [0.29, 0.717) is 5.56 Å². The summed E-state index contributed by atoms with van der Waals surface area (Å²) in [5.41, 5.74) is 0.147. The van der Waals surface area contributed by atoms with Gasteiger partial charge in [-0.3, -0.25) is 0 Å². The van der Waals surface area contributed by atoms with E-state index in [1.54, 1.807) is 0 Å². The van der Waals surface area contributed by atoms with Crippen LogP contribution in [-0.2, 0) is 11.2 Å². The number of hydrogen-bond donors (Lipinski definition) is 9. The van der Waals surface area contributed by atoms with E-state index in [2.05, 4.69) is 0 Å². The number of aliphatic hydroxyl groups excluding tert-OH is 5. The summed E-state index contributed by atoms with van der Waals surface area (Å²) in [6.45, 7) is -0.684. The van der Waals surface area contributed by atoms with Crippen LogP contribution in [0.1, 0.15) is 28.9 Å². The van der Waals surface area contributed by atoms with Crippen molar-refractivity contribution in [3.05, 3.63) is 41.0 Å². The molecule has 9 N–H and O–H groups in total. The van der Waals surface area contributed by atoms with Crippen molar-refractivity contribution in [3.8, 4) is 28.7 Å². The van der Waals surface area contributed by atoms with Crippen LogP contribution in [-0.4, -0.2) is 83.1 Å². The predicted octanol–water partition coefficient (Wildman–Crippen LogP) is -0.939. The maximum atomic E-state index is 10.8. The second-order valence-corrected chi connectivity index (χ2v) is 7.94. The number of hydrogen-bond acceptors (Lipinski definition) is 11. The molecule has 0 aromatic heterocycles. The Morgan fingerprint density at radius 2 is 1.53 bits per heavy atom. The lowest BCUT2D eigenvalue weighted by Crippen LogP contribution is -2.55. The van der Waals surface area contributed by atoms with Crippen molar-refractivity contribution < 1.29 is 55.4 Å². The van der Waals surface area contributed by atoms with Gasteiger partial charge in [-0.1, -0.05) is 6.07 Å². The van der Waals surface area contributed by atoms with Crippen molar-refractivity contribution in [1.82, 2.24) is 0 Å². The Morgan fingerprint density at radius 3 is 2.19 bits per heavy atom. The molecule has 0 spiro atoms. The molecule has 0 radical (unpaired) electrons. The summed E-state index contributed by atoms with van der Waals surface area (Å²) in [6, 6.07) is 5.03. The Kier molecular flexibility index (Phi) is 5.79. The highest BCUT2D eigenvalue weighted by Gasteiger charge is 2.46. The summed E-state index contributed by atoms with van der Waals surface area (Å²) in [5.74, 6) is -1.83. The smallest absolute Gasteiger partial charge is 0.157 e. The maximum Gasteiger partial charge on any atom is 0.157 e. The SMILES string of the molecule is OC[C@H]1O[C@@H](c2c(O)cc3c(c2O)C[C@H](O)[C@@H](c2ccc(O)c(O)c2)O3)[C@H](O)[C@@H](O)[C@H]1O. The molecule has 0 amide bonds. The average Bonchev–Trinajstić information content (AvgIpc) is 2.76. The van der Waals surface area contributed by atoms with Gasteiger partial charge < -0.3 is 55.4 Å². The minimum Gasteiger partial charge on any atom is -0.507 e. The Balaban J connectivity index is 1.70. The zero-order valence-electron chi connectivity index (χ0n) is 16.6. The summed E-state index contributed by atoms with van der Waals surface area (Å²) in [5, 5.41) is 90.9. The fraction of sp³-hybridized carbons (Fsp3) is 0.429. The summed E-state index contributed by atoms with van der Waals surface area (Å²) >= 11 is 0. The van der Waals surface area contributed by atoms with Crippen molar-refractivity contribution in [2.45, 2.75) is 49.1 Å². The number of phenolic OH excluding ortho intramolecular Hbond substituents is 4. The molecule has 2 aliphatic heterocycles. The largest absolute Gasteiger partial charge is 0.507 e. The molecule has 2 aliphatic rings. The van der Waals surface area contributed by atoms with Crippen molar-refractivity contribution in [2.24, 2.45) is 0 Å².